The van der Waals surface area contributed by atoms with Crippen LogP contribution in [0.2, 0.25) is 0 Å². The van der Waals surface area contributed by atoms with Crippen LogP contribution in [0.1, 0.15) is 24.1 Å². The van der Waals surface area contributed by atoms with E-state index in [0.717, 1.165) is 6.54 Å². The Bertz CT molecular complexity index is 704. The van der Waals surface area contributed by atoms with Gasteiger partial charge >= 0.3 is 0 Å². The van der Waals surface area contributed by atoms with Gasteiger partial charge in [-0.1, -0.05) is 60.7 Å². The molecule has 3 nitrogen and oxygen atoms in total. The van der Waals surface area contributed by atoms with Crippen molar-refractivity contribution in [3.05, 3.63) is 71.8 Å². The summed E-state index contributed by atoms with van der Waals surface area (Å²) >= 11 is 0. The fourth-order valence-corrected chi connectivity index (χ4v) is 4.65. The molecule has 0 aliphatic carbocycles. The highest BCUT2D eigenvalue weighted by molar-refractivity contribution is 7.90. The van der Waals surface area contributed by atoms with Gasteiger partial charge < -0.3 is 0 Å². The van der Waals surface area contributed by atoms with Crippen LogP contribution in [0, 0.1) is 5.92 Å². The van der Waals surface area contributed by atoms with E-state index in [0.29, 0.717) is 0 Å². The minimum absolute atomic E-state index is 0.184. The molecule has 0 spiro atoms. The third-order valence-electron chi connectivity index (χ3n) is 4.73. The minimum Gasteiger partial charge on any atom is -0.289 e. The molecule has 23 heavy (non-hydrogen) atoms. The van der Waals surface area contributed by atoms with Crippen molar-refractivity contribution in [2.45, 2.75) is 19.0 Å². The summed E-state index contributed by atoms with van der Waals surface area (Å²) in [5.41, 5.74) is 2.51. The van der Waals surface area contributed by atoms with Gasteiger partial charge in [0.1, 0.15) is 9.84 Å². The van der Waals surface area contributed by atoms with E-state index >= 15 is 0 Å². The number of sulfone groups is 1. The fraction of sp³-hybridized carbons (Fsp3) is 0.368. The van der Waals surface area contributed by atoms with Crippen molar-refractivity contribution >= 4 is 9.84 Å². The highest BCUT2D eigenvalue weighted by atomic mass is 32.2. The fourth-order valence-electron chi connectivity index (χ4n) is 3.49. The maximum Gasteiger partial charge on any atom is 0.147 e. The molecule has 2 aromatic carbocycles. The third-order valence-corrected chi connectivity index (χ3v) is 5.76. The van der Waals surface area contributed by atoms with Gasteiger partial charge in [0.25, 0.3) is 0 Å². The van der Waals surface area contributed by atoms with Crippen LogP contribution >= 0.6 is 0 Å². The van der Waals surface area contributed by atoms with Gasteiger partial charge in [-0.15, -0.1) is 0 Å². The molecule has 2 aromatic rings. The lowest BCUT2D eigenvalue weighted by Gasteiger charge is -2.50. The molecule has 1 heterocycles. The van der Waals surface area contributed by atoms with Crippen LogP contribution < -0.4 is 0 Å². The van der Waals surface area contributed by atoms with Gasteiger partial charge in [-0.05, 0) is 18.1 Å². The van der Waals surface area contributed by atoms with Crippen LogP contribution in [0.5, 0.6) is 0 Å². The second kappa shape index (κ2) is 6.46. The first-order chi connectivity index (χ1) is 11.0. The van der Waals surface area contributed by atoms with Crippen LogP contribution in [-0.2, 0) is 9.84 Å². The Morgan fingerprint density at radius 2 is 1.48 bits per heavy atom. The molecule has 0 aromatic heterocycles. The van der Waals surface area contributed by atoms with E-state index in [2.05, 4.69) is 60.4 Å². The average Bonchev–Trinajstić information content (AvgIpc) is 2.54. The quantitative estimate of drug-likeness (QED) is 0.846. The van der Waals surface area contributed by atoms with Gasteiger partial charge in [0.15, 0.2) is 0 Å². The third kappa shape index (κ3) is 3.65. The Morgan fingerprint density at radius 1 is 1.00 bits per heavy atom. The first-order valence-electron chi connectivity index (χ1n) is 7.99. The highest BCUT2D eigenvalue weighted by Gasteiger charge is 2.41. The second-order valence-electron chi connectivity index (χ2n) is 6.51. The predicted molar refractivity (Wildman–Crippen MR) is 94.1 cm³/mol. The molecule has 0 radical (unpaired) electrons. The number of rotatable bonds is 5. The SMILES string of the molecule is C[C@H]1[C@H](CS(C)(=O)=O)CN1C(c1ccccc1)c1ccccc1. The smallest absolute Gasteiger partial charge is 0.147 e. The van der Waals surface area contributed by atoms with Crippen molar-refractivity contribution in [1.82, 2.24) is 4.90 Å². The molecule has 0 amide bonds. The predicted octanol–water partition coefficient (Wildman–Crippen LogP) is 3.14. The zero-order valence-corrected chi connectivity index (χ0v) is 14.4. The van der Waals surface area contributed by atoms with E-state index in [1.54, 1.807) is 0 Å². The highest BCUT2D eigenvalue weighted by Crippen LogP contribution is 2.38. The second-order valence-corrected chi connectivity index (χ2v) is 8.70. The summed E-state index contributed by atoms with van der Waals surface area (Å²) in [6.07, 6.45) is 1.33. The molecular formula is C19H23NO2S. The van der Waals surface area contributed by atoms with E-state index < -0.39 is 9.84 Å². The van der Waals surface area contributed by atoms with E-state index in [1.807, 2.05) is 12.1 Å². The average molecular weight is 329 g/mol. The summed E-state index contributed by atoms with van der Waals surface area (Å²) in [6, 6.07) is 21.3. The molecule has 0 unspecified atom stereocenters. The van der Waals surface area contributed by atoms with Gasteiger partial charge in [0.05, 0.1) is 11.8 Å². The standard InChI is InChI=1S/C19H23NO2S/c1-15-18(14-23(2,21)22)13-20(15)19(16-9-5-3-6-10-16)17-11-7-4-8-12-17/h3-12,15,18-19H,13-14H2,1-2H3/t15-,18-/m0/s1. The topological polar surface area (TPSA) is 37.4 Å². The van der Waals surface area contributed by atoms with E-state index in [9.17, 15) is 8.42 Å². The van der Waals surface area contributed by atoms with Gasteiger partial charge in [0, 0.05) is 24.8 Å². The summed E-state index contributed by atoms with van der Waals surface area (Å²) in [5, 5.41) is 0. The Balaban J connectivity index is 1.87. The molecule has 2 atom stereocenters. The Labute approximate surface area is 138 Å². The van der Waals surface area contributed by atoms with Crippen molar-refractivity contribution in [3.63, 3.8) is 0 Å². The molecule has 3 rings (SSSR count). The molecular weight excluding hydrogens is 306 g/mol. The molecule has 1 aliphatic rings. The Hall–Kier alpha value is -1.65. The number of hydrogen-bond donors (Lipinski definition) is 0. The molecule has 122 valence electrons. The molecule has 0 saturated carbocycles. The molecule has 0 N–H and O–H groups in total. The van der Waals surface area contributed by atoms with E-state index in [4.69, 9.17) is 0 Å². The maximum absolute atomic E-state index is 11.6. The van der Waals surface area contributed by atoms with Crippen LogP contribution in [0.4, 0.5) is 0 Å². The summed E-state index contributed by atoms with van der Waals surface area (Å²) in [6.45, 7) is 2.96. The van der Waals surface area contributed by atoms with Crippen LogP contribution in [0.3, 0.4) is 0 Å². The van der Waals surface area contributed by atoms with Gasteiger partial charge in [0.2, 0.25) is 0 Å². The molecule has 1 saturated heterocycles. The van der Waals surface area contributed by atoms with Crippen molar-refractivity contribution < 1.29 is 8.42 Å². The van der Waals surface area contributed by atoms with Crippen LogP contribution in [-0.4, -0.2) is 37.9 Å². The summed E-state index contributed by atoms with van der Waals surface area (Å²) < 4.78 is 23.2. The van der Waals surface area contributed by atoms with Crippen molar-refractivity contribution in [1.29, 1.82) is 0 Å². The van der Waals surface area contributed by atoms with E-state index in [-0.39, 0.29) is 23.8 Å². The van der Waals surface area contributed by atoms with Crippen LogP contribution in [0.25, 0.3) is 0 Å². The number of likely N-dealkylation sites (tertiary alicyclic amines) is 1. The van der Waals surface area contributed by atoms with Crippen LogP contribution in [0.15, 0.2) is 60.7 Å². The lowest BCUT2D eigenvalue weighted by Crippen LogP contribution is -2.57. The molecule has 4 heteroatoms. The number of nitrogens with zero attached hydrogens (tertiary/aromatic N) is 1. The number of benzene rings is 2. The van der Waals surface area contributed by atoms with Crippen molar-refractivity contribution in [2.24, 2.45) is 5.92 Å². The minimum atomic E-state index is -2.92. The van der Waals surface area contributed by atoms with Crippen molar-refractivity contribution in [3.8, 4) is 0 Å². The van der Waals surface area contributed by atoms with E-state index in [1.165, 1.54) is 17.4 Å². The molecule has 0 bridgehead atoms. The monoisotopic (exact) mass is 329 g/mol. The largest absolute Gasteiger partial charge is 0.289 e. The first kappa shape index (κ1) is 16.2. The zero-order chi connectivity index (χ0) is 16.4. The van der Waals surface area contributed by atoms with Gasteiger partial charge in [-0.25, -0.2) is 8.42 Å². The summed E-state index contributed by atoms with van der Waals surface area (Å²) in [7, 11) is -2.92. The maximum atomic E-state index is 11.6. The lowest BCUT2D eigenvalue weighted by molar-refractivity contribution is 0.0118. The lowest BCUT2D eigenvalue weighted by atomic mass is 9.85. The summed E-state index contributed by atoms with van der Waals surface area (Å²) in [4.78, 5) is 2.40. The van der Waals surface area contributed by atoms with Crippen molar-refractivity contribution in [2.75, 3.05) is 18.6 Å². The Kier molecular flexibility index (Phi) is 4.55. The summed E-state index contributed by atoms with van der Waals surface area (Å²) in [5.74, 6) is 0.501. The number of hydrogen-bond acceptors (Lipinski definition) is 3. The van der Waals surface area contributed by atoms with Gasteiger partial charge in [-0.2, -0.15) is 0 Å². The molecule has 1 fully saturated rings. The normalized spacial score (nSPS) is 22.0. The molecule has 1 aliphatic heterocycles. The van der Waals surface area contributed by atoms with Gasteiger partial charge in [-0.3, -0.25) is 4.90 Å². The Morgan fingerprint density at radius 3 is 1.87 bits per heavy atom. The zero-order valence-electron chi connectivity index (χ0n) is 13.6. The first-order valence-corrected chi connectivity index (χ1v) is 10.0.